The molecular formula is C25H27ClN4O4. The van der Waals surface area contributed by atoms with Gasteiger partial charge >= 0.3 is 6.03 Å². The predicted molar refractivity (Wildman–Crippen MR) is 129 cm³/mol. The number of carbonyl (C=O) groups is 4. The average molecular weight is 483 g/mol. The van der Waals surface area contributed by atoms with E-state index in [1.165, 1.54) is 4.90 Å². The standard InChI is InChI=1S/C25H27ClN4O4/c1-14(2)30(18-6-4-15(3)20(26)11-18)25(34)27-12-16-5-7-19-17(10-16)13-29(24(19)33)21-8-9-22(31)28-23(21)32/h4-7,10-11,14,21H,8-9,12-13H2,1-3H3,(H,27,34)(H,28,31,32). The van der Waals surface area contributed by atoms with Crippen LogP contribution in [0.25, 0.3) is 0 Å². The second-order valence-electron chi connectivity index (χ2n) is 8.95. The molecule has 1 unspecified atom stereocenters. The number of nitrogens with one attached hydrogen (secondary N) is 2. The molecule has 0 aromatic heterocycles. The molecule has 0 radical (unpaired) electrons. The molecule has 0 spiro atoms. The van der Waals surface area contributed by atoms with Crippen LogP contribution in [0.2, 0.25) is 5.02 Å². The summed E-state index contributed by atoms with van der Waals surface area (Å²) in [5, 5.41) is 5.85. The van der Waals surface area contributed by atoms with Crippen molar-refractivity contribution in [1.82, 2.24) is 15.5 Å². The fourth-order valence-corrected chi connectivity index (χ4v) is 4.56. The molecule has 0 bridgehead atoms. The molecule has 9 heteroatoms. The van der Waals surface area contributed by atoms with Gasteiger partial charge in [0.1, 0.15) is 6.04 Å². The Labute approximate surface area is 203 Å². The second kappa shape index (κ2) is 9.46. The van der Waals surface area contributed by atoms with Crippen LogP contribution >= 0.6 is 11.6 Å². The number of imide groups is 1. The Morgan fingerprint density at radius 2 is 1.97 bits per heavy atom. The van der Waals surface area contributed by atoms with Crippen LogP contribution in [0, 0.1) is 6.92 Å². The van der Waals surface area contributed by atoms with Gasteiger partial charge in [-0.1, -0.05) is 29.8 Å². The van der Waals surface area contributed by atoms with Crippen LogP contribution in [0.15, 0.2) is 36.4 Å². The monoisotopic (exact) mass is 482 g/mol. The van der Waals surface area contributed by atoms with E-state index in [4.69, 9.17) is 11.6 Å². The molecule has 1 fully saturated rings. The molecule has 0 saturated carbocycles. The summed E-state index contributed by atoms with van der Waals surface area (Å²) in [4.78, 5) is 52.7. The third-order valence-electron chi connectivity index (χ3n) is 6.20. The first-order chi connectivity index (χ1) is 16.2. The summed E-state index contributed by atoms with van der Waals surface area (Å²) >= 11 is 6.26. The van der Waals surface area contributed by atoms with E-state index in [9.17, 15) is 19.2 Å². The van der Waals surface area contributed by atoms with Crippen LogP contribution in [-0.4, -0.2) is 40.7 Å². The van der Waals surface area contributed by atoms with Gasteiger partial charge in [-0.3, -0.25) is 24.6 Å². The Morgan fingerprint density at radius 3 is 2.65 bits per heavy atom. The maximum atomic E-state index is 13.0. The molecule has 2 aliphatic heterocycles. The molecule has 1 saturated heterocycles. The van der Waals surface area contributed by atoms with Crippen molar-refractivity contribution in [2.24, 2.45) is 0 Å². The molecule has 178 valence electrons. The van der Waals surface area contributed by atoms with Gasteiger partial charge in [0.2, 0.25) is 11.8 Å². The summed E-state index contributed by atoms with van der Waals surface area (Å²) in [5.41, 5.74) is 3.83. The topological polar surface area (TPSA) is 98.8 Å². The first-order valence-electron chi connectivity index (χ1n) is 11.3. The summed E-state index contributed by atoms with van der Waals surface area (Å²) < 4.78 is 0. The number of aryl methyl sites for hydroxylation is 1. The van der Waals surface area contributed by atoms with Crippen molar-refractivity contribution in [2.75, 3.05) is 4.90 Å². The summed E-state index contributed by atoms with van der Waals surface area (Å²) in [6.07, 6.45) is 0.535. The number of amides is 5. The number of benzene rings is 2. The first kappa shape index (κ1) is 23.8. The number of rotatable bonds is 5. The van der Waals surface area contributed by atoms with E-state index < -0.39 is 11.9 Å². The number of piperidine rings is 1. The molecular weight excluding hydrogens is 456 g/mol. The Morgan fingerprint density at radius 1 is 1.21 bits per heavy atom. The highest BCUT2D eigenvalue weighted by Crippen LogP contribution is 2.28. The molecule has 5 amide bonds. The fraction of sp³-hybridized carbons (Fsp3) is 0.360. The van der Waals surface area contributed by atoms with Gasteiger partial charge < -0.3 is 10.2 Å². The van der Waals surface area contributed by atoms with E-state index >= 15 is 0 Å². The van der Waals surface area contributed by atoms with Crippen LogP contribution in [0.3, 0.4) is 0 Å². The molecule has 2 N–H and O–H groups in total. The summed E-state index contributed by atoms with van der Waals surface area (Å²) in [6.45, 7) is 6.34. The van der Waals surface area contributed by atoms with Gasteiger partial charge in [-0.15, -0.1) is 0 Å². The quantitative estimate of drug-likeness (QED) is 0.637. The van der Waals surface area contributed by atoms with Gasteiger partial charge in [0.05, 0.1) is 0 Å². The van der Waals surface area contributed by atoms with E-state index in [-0.39, 0.29) is 36.9 Å². The summed E-state index contributed by atoms with van der Waals surface area (Å²) in [5.74, 6) is -0.969. The number of halogens is 1. The van der Waals surface area contributed by atoms with Gasteiger partial charge in [-0.2, -0.15) is 0 Å². The zero-order valence-electron chi connectivity index (χ0n) is 19.4. The molecule has 0 aliphatic carbocycles. The third kappa shape index (κ3) is 4.63. The highest BCUT2D eigenvalue weighted by atomic mass is 35.5. The number of urea groups is 1. The van der Waals surface area contributed by atoms with Crippen molar-refractivity contribution in [3.8, 4) is 0 Å². The van der Waals surface area contributed by atoms with E-state index in [1.54, 1.807) is 23.1 Å². The fourth-order valence-electron chi connectivity index (χ4n) is 4.38. The number of hydrogen-bond donors (Lipinski definition) is 2. The molecule has 8 nitrogen and oxygen atoms in total. The van der Waals surface area contributed by atoms with Crippen LogP contribution in [0.5, 0.6) is 0 Å². The molecule has 2 aromatic carbocycles. The highest BCUT2D eigenvalue weighted by molar-refractivity contribution is 6.31. The van der Waals surface area contributed by atoms with E-state index in [0.717, 1.165) is 16.7 Å². The lowest BCUT2D eigenvalue weighted by Crippen LogP contribution is -2.52. The largest absolute Gasteiger partial charge is 0.334 e. The van der Waals surface area contributed by atoms with Gasteiger partial charge in [0, 0.05) is 41.8 Å². The molecule has 4 rings (SSSR count). The van der Waals surface area contributed by atoms with Crippen molar-refractivity contribution in [1.29, 1.82) is 0 Å². The molecule has 2 heterocycles. The summed E-state index contributed by atoms with van der Waals surface area (Å²) in [6, 6.07) is 9.94. The normalized spacial score (nSPS) is 17.6. The Bertz CT molecular complexity index is 1180. The Kier molecular flexibility index (Phi) is 6.61. The smallest absolute Gasteiger partial charge is 0.322 e. The van der Waals surface area contributed by atoms with E-state index in [0.29, 0.717) is 29.2 Å². The average Bonchev–Trinajstić information content (AvgIpc) is 3.10. The van der Waals surface area contributed by atoms with Crippen molar-refractivity contribution in [2.45, 2.75) is 58.8 Å². The van der Waals surface area contributed by atoms with E-state index in [1.807, 2.05) is 39.0 Å². The lowest BCUT2D eigenvalue weighted by Gasteiger charge is -2.29. The lowest BCUT2D eigenvalue weighted by atomic mass is 10.0. The third-order valence-corrected chi connectivity index (χ3v) is 6.61. The second-order valence-corrected chi connectivity index (χ2v) is 9.35. The SMILES string of the molecule is Cc1ccc(N(C(=O)NCc2ccc3c(c2)CN(C2CCC(=O)NC2=O)C3=O)C(C)C)cc1Cl. The Hall–Kier alpha value is -3.39. The number of carbonyl (C=O) groups excluding carboxylic acids is 4. The van der Waals surface area contributed by atoms with Crippen molar-refractivity contribution in [3.05, 3.63) is 63.7 Å². The lowest BCUT2D eigenvalue weighted by molar-refractivity contribution is -0.136. The minimum absolute atomic E-state index is 0.0847. The van der Waals surface area contributed by atoms with Gasteiger partial charge in [-0.25, -0.2) is 4.79 Å². The van der Waals surface area contributed by atoms with Gasteiger partial charge in [0.25, 0.3) is 5.91 Å². The van der Waals surface area contributed by atoms with Gasteiger partial charge in [0.15, 0.2) is 0 Å². The number of nitrogens with zero attached hydrogens (tertiary/aromatic N) is 2. The van der Waals surface area contributed by atoms with Crippen molar-refractivity contribution in [3.63, 3.8) is 0 Å². The number of anilines is 1. The van der Waals surface area contributed by atoms with Crippen LogP contribution < -0.4 is 15.5 Å². The molecule has 2 aliphatic rings. The van der Waals surface area contributed by atoms with Crippen LogP contribution in [-0.2, 0) is 22.7 Å². The minimum Gasteiger partial charge on any atom is -0.334 e. The van der Waals surface area contributed by atoms with Crippen LogP contribution in [0.4, 0.5) is 10.5 Å². The first-order valence-corrected chi connectivity index (χ1v) is 11.6. The predicted octanol–water partition coefficient (Wildman–Crippen LogP) is 3.53. The maximum Gasteiger partial charge on any atom is 0.322 e. The zero-order valence-corrected chi connectivity index (χ0v) is 20.1. The Balaban J connectivity index is 1.45. The minimum atomic E-state index is -0.651. The van der Waals surface area contributed by atoms with Crippen LogP contribution in [0.1, 0.15) is 53.7 Å². The highest BCUT2D eigenvalue weighted by Gasteiger charge is 2.39. The number of hydrogen-bond acceptors (Lipinski definition) is 4. The van der Waals surface area contributed by atoms with Crippen molar-refractivity contribution < 1.29 is 19.2 Å². The molecule has 1 atom stereocenters. The maximum absolute atomic E-state index is 13.0. The number of fused-ring (bicyclic) bond motifs is 1. The van der Waals surface area contributed by atoms with Crippen molar-refractivity contribution >= 4 is 41.0 Å². The van der Waals surface area contributed by atoms with E-state index in [2.05, 4.69) is 10.6 Å². The zero-order chi connectivity index (χ0) is 24.6. The molecule has 2 aromatic rings. The molecule has 34 heavy (non-hydrogen) atoms. The van der Waals surface area contributed by atoms with Gasteiger partial charge in [-0.05, 0) is 62.1 Å². The summed E-state index contributed by atoms with van der Waals surface area (Å²) in [7, 11) is 0.